The van der Waals surface area contributed by atoms with Crippen LogP contribution < -0.4 is 0 Å². The molecular weight excluding hydrogens is 236 g/mol. The molecule has 0 bridgehead atoms. The Bertz CT molecular complexity index is 460. The number of hydrogen-bond acceptors (Lipinski definition) is 5. The van der Waals surface area contributed by atoms with E-state index >= 15 is 0 Å². The second kappa shape index (κ2) is 5.16. The van der Waals surface area contributed by atoms with Crippen LogP contribution in [-0.2, 0) is 19.1 Å². The predicted octanol–water partition coefficient (Wildman–Crippen LogP) is 1.47. The summed E-state index contributed by atoms with van der Waals surface area (Å²) in [5, 5.41) is 0. The van der Waals surface area contributed by atoms with E-state index < -0.39 is 17.8 Å². The highest BCUT2D eigenvalue weighted by atomic mass is 16.5. The van der Waals surface area contributed by atoms with E-state index in [1.165, 1.54) is 6.26 Å². The first-order valence-electron chi connectivity index (χ1n) is 5.88. The van der Waals surface area contributed by atoms with Crippen LogP contribution in [0.15, 0.2) is 22.8 Å². The van der Waals surface area contributed by atoms with Crippen molar-refractivity contribution in [3.63, 3.8) is 0 Å². The van der Waals surface area contributed by atoms with Crippen LogP contribution in [0.3, 0.4) is 0 Å². The zero-order valence-corrected chi connectivity index (χ0v) is 10.0. The van der Waals surface area contributed by atoms with Gasteiger partial charge < -0.3 is 9.15 Å². The van der Waals surface area contributed by atoms with Crippen molar-refractivity contribution in [2.24, 2.45) is 5.92 Å². The number of rotatable bonds is 3. The average Bonchev–Trinajstić information content (AvgIpc) is 2.81. The van der Waals surface area contributed by atoms with Crippen molar-refractivity contribution < 1.29 is 23.5 Å². The highest BCUT2D eigenvalue weighted by Gasteiger charge is 2.43. The van der Waals surface area contributed by atoms with Crippen LogP contribution >= 0.6 is 0 Å². The third-order valence-electron chi connectivity index (χ3n) is 3.02. The average molecular weight is 250 g/mol. The molecule has 0 N–H and O–H groups in total. The Hall–Kier alpha value is -1.91. The molecule has 96 valence electrons. The van der Waals surface area contributed by atoms with Gasteiger partial charge in [-0.2, -0.15) is 0 Å². The second-order valence-electron chi connectivity index (χ2n) is 4.24. The van der Waals surface area contributed by atoms with Crippen molar-refractivity contribution in [1.82, 2.24) is 0 Å². The number of ether oxygens (including phenoxy) is 1. The minimum Gasteiger partial charge on any atom is -0.469 e. The molecule has 0 spiro atoms. The first-order valence-corrected chi connectivity index (χ1v) is 5.88. The van der Waals surface area contributed by atoms with Crippen molar-refractivity contribution in [2.45, 2.75) is 25.7 Å². The number of esters is 1. The number of ketones is 2. The SMILES string of the molecule is CCOC(=O)C1C(=O)CC(=O)CC1c1ccco1. The zero-order valence-electron chi connectivity index (χ0n) is 10.0. The molecule has 0 amide bonds. The summed E-state index contributed by atoms with van der Waals surface area (Å²) in [7, 11) is 0. The van der Waals surface area contributed by atoms with Crippen molar-refractivity contribution in [3.8, 4) is 0 Å². The summed E-state index contributed by atoms with van der Waals surface area (Å²) in [6, 6.07) is 3.34. The number of carbonyl (C=O) groups excluding carboxylic acids is 3. The fourth-order valence-electron chi connectivity index (χ4n) is 2.26. The molecule has 0 radical (unpaired) electrons. The van der Waals surface area contributed by atoms with Gasteiger partial charge in [-0.25, -0.2) is 0 Å². The Morgan fingerprint density at radius 3 is 2.89 bits per heavy atom. The highest BCUT2D eigenvalue weighted by molar-refractivity contribution is 6.11. The summed E-state index contributed by atoms with van der Waals surface area (Å²) in [6.07, 6.45) is 1.41. The Morgan fingerprint density at radius 1 is 1.50 bits per heavy atom. The van der Waals surface area contributed by atoms with E-state index in [0.717, 1.165) is 0 Å². The summed E-state index contributed by atoms with van der Waals surface area (Å²) in [5.74, 6) is -2.10. The van der Waals surface area contributed by atoms with Gasteiger partial charge in [-0.05, 0) is 19.1 Å². The van der Waals surface area contributed by atoms with Gasteiger partial charge in [0.1, 0.15) is 17.5 Å². The lowest BCUT2D eigenvalue weighted by atomic mass is 9.76. The summed E-state index contributed by atoms with van der Waals surface area (Å²) >= 11 is 0. The molecule has 0 saturated heterocycles. The van der Waals surface area contributed by atoms with Gasteiger partial charge in [-0.3, -0.25) is 14.4 Å². The molecule has 2 atom stereocenters. The maximum absolute atomic E-state index is 11.9. The summed E-state index contributed by atoms with van der Waals surface area (Å²) in [4.78, 5) is 35.2. The van der Waals surface area contributed by atoms with Crippen LogP contribution in [0.1, 0.15) is 31.4 Å². The van der Waals surface area contributed by atoms with E-state index in [1.54, 1.807) is 19.1 Å². The Labute approximate surface area is 104 Å². The van der Waals surface area contributed by atoms with E-state index in [1.807, 2.05) is 0 Å². The van der Waals surface area contributed by atoms with Gasteiger partial charge in [-0.1, -0.05) is 0 Å². The van der Waals surface area contributed by atoms with E-state index in [9.17, 15) is 14.4 Å². The summed E-state index contributed by atoms with van der Waals surface area (Å²) in [5.41, 5.74) is 0. The molecule has 1 aromatic rings. The van der Waals surface area contributed by atoms with Crippen molar-refractivity contribution in [3.05, 3.63) is 24.2 Å². The van der Waals surface area contributed by atoms with Crippen LogP contribution in [-0.4, -0.2) is 24.1 Å². The normalized spacial score (nSPS) is 24.1. The molecule has 1 saturated carbocycles. The van der Waals surface area contributed by atoms with Crippen molar-refractivity contribution in [2.75, 3.05) is 6.61 Å². The molecule has 1 heterocycles. The second-order valence-corrected chi connectivity index (χ2v) is 4.24. The first-order chi connectivity index (χ1) is 8.63. The molecule has 1 aliphatic rings. The van der Waals surface area contributed by atoms with Gasteiger partial charge in [0.25, 0.3) is 0 Å². The molecule has 18 heavy (non-hydrogen) atoms. The quantitative estimate of drug-likeness (QED) is 0.600. The van der Waals surface area contributed by atoms with Crippen LogP contribution in [0.5, 0.6) is 0 Å². The maximum Gasteiger partial charge on any atom is 0.317 e. The van der Waals surface area contributed by atoms with Crippen LogP contribution in [0.2, 0.25) is 0 Å². The minimum absolute atomic E-state index is 0.142. The standard InChI is InChI=1S/C13H14O5/c1-2-17-13(16)12-9(11-4-3-5-18-11)6-8(14)7-10(12)15/h3-5,9,12H,2,6-7H2,1H3. The molecule has 5 heteroatoms. The summed E-state index contributed by atoms with van der Waals surface area (Å²) in [6.45, 7) is 1.89. The molecular formula is C13H14O5. The van der Waals surface area contributed by atoms with Gasteiger partial charge in [0.15, 0.2) is 5.78 Å². The van der Waals surface area contributed by atoms with Gasteiger partial charge in [0.2, 0.25) is 0 Å². The Kier molecular flexibility index (Phi) is 3.60. The van der Waals surface area contributed by atoms with Crippen LogP contribution in [0.25, 0.3) is 0 Å². The monoisotopic (exact) mass is 250 g/mol. The van der Waals surface area contributed by atoms with Crippen molar-refractivity contribution >= 4 is 17.5 Å². The van der Waals surface area contributed by atoms with E-state index in [-0.39, 0.29) is 31.0 Å². The third-order valence-corrected chi connectivity index (χ3v) is 3.02. The molecule has 0 aliphatic heterocycles. The lowest BCUT2D eigenvalue weighted by Gasteiger charge is -2.26. The molecule has 2 unspecified atom stereocenters. The van der Waals surface area contributed by atoms with E-state index in [4.69, 9.17) is 9.15 Å². The molecule has 1 aromatic heterocycles. The highest BCUT2D eigenvalue weighted by Crippen LogP contribution is 2.35. The van der Waals surface area contributed by atoms with Gasteiger partial charge in [0.05, 0.1) is 19.3 Å². The van der Waals surface area contributed by atoms with Gasteiger partial charge in [-0.15, -0.1) is 0 Å². The lowest BCUT2D eigenvalue weighted by molar-refractivity contribution is -0.154. The smallest absolute Gasteiger partial charge is 0.317 e. The maximum atomic E-state index is 11.9. The third kappa shape index (κ3) is 2.34. The number of furan rings is 1. The molecule has 5 nitrogen and oxygen atoms in total. The van der Waals surface area contributed by atoms with E-state index in [0.29, 0.717) is 5.76 Å². The summed E-state index contributed by atoms with van der Waals surface area (Å²) < 4.78 is 10.1. The van der Waals surface area contributed by atoms with E-state index in [2.05, 4.69) is 0 Å². The molecule has 2 rings (SSSR count). The predicted molar refractivity (Wildman–Crippen MR) is 60.8 cm³/mol. The topological polar surface area (TPSA) is 73.6 Å². The van der Waals surface area contributed by atoms with Crippen LogP contribution in [0, 0.1) is 5.92 Å². The number of Topliss-reactive ketones (excluding diaryl/α,β-unsaturated/α-hetero) is 2. The number of carbonyl (C=O) groups is 3. The zero-order chi connectivity index (χ0) is 13.1. The minimum atomic E-state index is -0.922. The first kappa shape index (κ1) is 12.5. The van der Waals surface area contributed by atoms with Gasteiger partial charge >= 0.3 is 5.97 Å². The Balaban J connectivity index is 2.29. The molecule has 0 aromatic carbocycles. The fourth-order valence-corrected chi connectivity index (χ4v) is 2.26. The van der Waals surface area contributed by atoms with Crippen LogP contribution in [0.4, 0.5) is 0 Å². The number of hydrogen-bond donors (Lipinski definition) is 0. The largest absolute Gasteiger partial charge is 0.469 e. The Morgan fingerprint density at radius 2 is 2.28 bits per heavy atom. The van der Waals surface area contributed by atoms with Crippen molar-refractivity contribution in [1.29, 1.82) is 0 Å². The lowest BCUT2D eigenvalue weighted by Crippen LogP contribution is -2.38. The molecule has 1 aliphatic carbocycles. The van der Waals surface area contributed by atoms with Gasteiger partial charge in [0, 0.05) is 12.3 Å². The molecule has 1 fully saturated rings. The fraction of sp³-hybridized carbons (Fsp3) is 0.462.